The van der Waals surface area contributed by atoms with Gasteiger partial charge in [0.2, 0.25) is 0 Å². The minimum absolute atomic E-state index is 0.873. The molecule has 0 saturated carbocycles. The monoisotopic (exact) mass is 837 g/mol. The number of fused-ring (bicyclic) bond motifs is 8. The van der Waals surface area contributed by atoms with Crippen LogP contribution in [0.25, 0.3) is 87.7 Å². The zero-order valence-electron chi connectivity index (χ0n) is 34.8. The molecule has 0 amide bonds. The fraction of sp³-hybridized carbons (Fsp3) is 0.0345. The van der Waals surface area contributed by atoms with Gasteiger partial charge in [-0.1, -0.05) is 78.4 Å². The van der Waals surface area contributed by atoms with Gasteiger partial charge in [-0.3, -0.25) is 0 Å². The van der Waals surface area contributed by atoms with E-state index in [0.717, 1.165) is 112 Å². The van der Waals surface area contributed by atoms with Crippen molar-refractivity contribution in [3.05, 3.63) is 181 Å². The van der Waals surface area contributed by atoms with E-state index in [0.29, 0.717) is 0 Å². The quantitative estimate of drug-likeness (QED) is 0.166. The number of aryl methyl sites for hydroxylation is 2. The van der Waals surface area contributed by atoms with Crippen molar-refractivity contribution in [2.24, 2.45) is 0 Å². The second-order valence-electron chi connectivity index (χ2n) is 17.8. The van der Waals surface area contributed by atoms with Gasteiger partial charge in [-0.25, -0.2) is 0 Å². The van der Waals surface area contributed by atoms with Crippen LogP contribution >= 0.6 is 0 Å². The molecular weight excluding hydrogens is 803 g/mol. The molecule has 0 atom stereocenters. The summed E-state index contributed by atoms with van der Waals surface area (Å²) in [6, 6.07) is 61.4. The third-order valence-corrected chi connectivity index (χ3v) is 17.4. The van der Waals surface area contributed by atoms with E-state index >= 15 is 0 Å². The maximum Gasteiger partial charge on any atom is 0.157 e. The number of furan rings is 2. The van der Waals surface area contributed by atoms with Crippen LogP contribution in [-0.2, 0) is 0 Å². The summed E-state index contributed by atoms with van der Waals surface area (Å²) in [5.74, 6) is 3.64. The van der Waals surface area contributed by atoms with Crippen LogP contribution < -0.4 is 29.9 Å². The predicted molar refractivity (Wildman–Crippen MR) is 264 cm³/mol. The van der Waals surface area contributed by atoms with Gasteiger partial charge in [0, 0.05) is 65.3 Å². The summed E-state index contributed by atoms with van der Waals surface area (Å²) in [6.45, 7) is 4.28. The summed E-state index contributed by atoms with van der Waals surface area (Å²) in [7, 11) is -2.26. The van der Waals surface area contributed by atoms with E-state index in [1.54, 1.807) is 0 Å². The van der Waals surface area contributed by atoms with E-state index < -0.39 is 8.80 Å². The molecule has 15 rings (SSSR count). The van der Waals surface area contributed by atoms with E-state index in [-0.39, 0.29) is 0 Å². The smallest absolute Gasteiger partial charge is 0.157 e. The molecule has 0 aliphatic carbocycles. The fourth-order valence-corrected chi connectivity index (χ4v) is 14.7. The predicted octanol–water partition coefficient (Wildman–Crippen LogP) is 14.0. The highest BCUT2D eigenvalue weighted by molar-refractivity contribution is 7.00. The molecule has 0 saturated heterocycles. The Kier molecular flexibility index (Phi) is 6.64. The summed E-state index contributed by atoms with van der Waals surface area (Å²) >= 11 is 0. The van der Waals surface area contributed by atoms with Gasteiger partial charge in [0.05, 0.1) is 0 Å². The molecule has 300 valence electrons. The van der Waals surface area contributed by atoms with E-state index in [1.807, 2.05) is 0 Å². The SMILES string of the molecule is Cc1ccc(N2c3ccc(-c4ccc5oc6cc7ccccc7cc6c5c4)c4c3[SiH]3c5c(cc(C)cc5Oc5c(-c6ccc7oc8cc9ccccc9cc8c7c6)ccc2c53)O4)cc1. The number of benzene rings is 10. The van der Waals surface area contributed by atoms with Gasteiger partial charge in [-0.15, -0.1) is 0 Å². The molecule has 5 nitrogen and oxygen atoms in total. The zero-order valence-corrected chi connectivity index (χ0v) is 36.0. The van der Waals surface area contributed by atoms with Gasteiger partial charge in [0.25, 0.3) is 0 Å². The Bertz CT molecular complexity index is 3830. The topological polar surface area (TPSA) is 48.0 Å². The first-order chi connectivity index (χ1) is 31.5. The molecule has 0 radical (unpaired) electrons. The molecule has 64 heavy (non-hydrogen) atoms. The van der Waals surface area contributed by atoms with Crippen molar-refractivity contribution in [2.75, 3.05) is 4.90 Å². The molecule has 0 bridgehead atoms. The molecule has 0 spiro atoms. The summed E-state index contributed by atoms with van der Waals surface area (Å²) in [5, 5.41) is 12.9. The number of hydrogen-bond acceptors (Lipinski definition) is 5. The van der Waals surface area contributed by atoms with Gasteiger partial charge >= 0.3 is 0 Å². The van der Waals surface area contributed by atoms with Gasteiger partial charge < -0.3 is 23.2 Å². The average molecular weight is 838 g/mol. The van der Waals surface area contributed by atoms with E-state index in [4.69, 9.17) is 18.3 Å². The van der Waals surface area contributed by atoms with Gasteiger partial charge in [0.1, 0.15) is 45.3 Å². The first kappa shape index (κ1) is 34.5. The lowest BCUT2D eigenvalue weighted by Crippen LogP contribution is -2.61. The largest absolute Gasteiger partial charge is 0.457 e. The van der Waals surface area contributed by atoms with Crippen molar-refractivity contribution in [1.29, 1.82) is 0 Å². The maximum absolute atomic E-state index is 7.28. The molecule has 0 fully saturated rings. The molecule has 12 aromatic rings. The average Bonchev–Trinajstić information content (AvgIpc) is 3.86. The summed E-state index contributed by atoms with van der Waals surface area (Å²) in [5.41, 5.74) is 13.6. The lowest BCUT2D eigenvalue weighted by atomic mass is 9.98. The Labute approximate surface area is 368 Å². The Morgan fingerprint density at radius 3 is 1.36 bits per heavy atom. The molecule has 10 aromatic carbocycles. The number of ether oxygens (including phenoxy) is 2. The molecule has 3 aliphatic rings. The lowest BCUT2D eigenvalue weighted by molar-refractivity contribution is 0.465. The van der Waals surface area contributed by atoms with Crippen LogP contribution in [0, 0.1) is 13.8 Å². The lowest BCUT2D eigenvalue weighted by Gasteiger charge is -2.44. The third-order valence-electron chi connectivity index (χ3n) is 14.0. The van der Waals surface area contributed by atoms with Crippen LogP contribution in [0.1, 0.15) is 11.1 Å². The van der Waals surface area contributed by atoms with Crippen LogP contribution in [-0.4, -0.2) is 8.80 Å². The van der Waals surface area contributed by atoms with Gasteiger partial charge in [0.15, 0.2) is 8.80 Å². The summed E-state index contributed by atoms with van der Waals surface area (Å²) in [6.07, 6.45) is 0. The Morgan fingerprint density at radius 1 is 0.391 bits per heavy atom. The maximum atomic E-state index is 7.28. The highest BCUT2D eigenvalue weighted by atomic mass is 28.3. The van der Waals surface area contributed by atoms with Crippen LogP contribution in [0.15, 0.2) is 179 Å². The van der Waals surface area contributed by atoms with E-state index in [9.17, 15) is 0 Å². The second kappa shape index (κ2) is 12.3. The van der Waals surface area contributed by atoms with Crippen molar-refractivity contribution >= 4 is 107 Å². The highest BCUT2D eigenvalue weighted by Gasteiger charge is 2.47. The Morgan fingerprint density at radius 2 is 0.859 bits per heavy atom. The first-order valence-corrected chi connectivity index (χ1v) is 23.6. The van der Waals surface area contributed by atoms with Crippen molar-refractivity contribution in [2.45, 2.75) is 13.8 Å². The number of hydrogen-bond donors (Lipinski definition) is 0. The van der Waals surface area contributed by atoms with Gasteiger partial charge in [-0.05, 0) is 149 Å². The van der Waals surface area contributed by atoms with Crippen LogP contribution in [0.5, 0.6) is 23.0 Å². The van der Waals surface area contributed by atoms with Crippen molar-refractivity contribution in [1.82, 2.24) is 0 Å². The second-order valence-corrected chi connectivity index (χ2v) is 20.3. The summed E-state index contributed by atoms with van der Waals surface area (Å²) in [4.78, 5) is 2.43. The van der Waals surface area contributed by atoms with Crippen molar-refractivity contribution < 1.29 is 18.3 Å². The fourth-order valence-electron chi connectivity index (χ4n) is 11.0. The molecule has 0 unspecified atom stereocenters. The van der Waals surface area contributed by atoms with Crippen LogP contribution in [0.4, 0.5) is 17.1 Å². The first-order valence-electron chi connectivity index (χ1n) is 21.9. The van der Waals surface area contributed by atoms with E-state index in [1.165, 1.54) is 42.7 Å². The minimum atomic E-state index is -2.26. The Hall–Kier alpha value is -8.06. The number of nitrogens with zero attached hydrogens (tertiary/aromatic N) is 1. The molecule has 6 heteroatoms. The van der Waals surface area contributed by atoms with Crippen LogP contribution in [0.2, 0.25) is 0 Å². The van der Waals surface area contributed by atoms with E-state index in [2.05, 4.69) is 189 Å². The normalized spacial score (nSPS) is 13.6. The Balaban J connectivity index is 0.982. The molecule has 0 N–H and O–H groups in total. The van der Waals surface area contributed by atoms with Gasteiger partial charge in [-0.2, -0.15) is 0 Å². The zero-order chi connectivity index (χ0) is 41.9. The minimum Gasteiger partial charge on any atom is -0.457 e. The van der Waals surface area contributed by atoms with Crippen molar-refractivity contribution in [3.8, 4) is 45.3 Å². The standard InChI is InChI=1S/C58H35NO4Si/c1-31-11-15-39(16-12-31)59-46-19-17-40(37-13-21-48-42(27-37)44-25-33-7-3-5-9-35(33)29-50(44)60-48)54-56(46)64-57-47(59)20-18-41(55(57)63-53-24-32(2)23-52(62-54)58(53)64)38-14-22-49-43(28-38)45-26-34-8-4-6-10-36(34)30-51(45)61-49/h3-30,64H,1-2H3. The number of anilines is 3. The van der Waals surface area contributed by atoms with Crippen molar-refractivity contribution in [3.63, 3.8) is 0 Å². The van der Waals surface area contributed by atoms with Crippen LogP contribution in [0.3, 0.4) is 0 Å². The molecule has 3 aliphatic heterocycles. The molecule has 5 heterocycles. The number of rotatable bonds is 3. The molecule has 2 aromatic heterocycles. The summed E-state index contributed by atoms with van der Waals surface area (Å²) < 4.78 is 27.5. The highest BCUT2D eigenvalue weighted by Crippen LogP contribution is 2.51. The third kappa shape index (κ3) is 4.67. The molecular formula is C58H35NO4Si.